The number of ether oxygens (including phenoxy) is 2. The number of carbonyl (C=O) groups excluding carboxylic acids is 2. The highest BCUT2D eigenvalue weighted by molar-refractivity contribution is 6.05. The summed E-state index contributed by atoms with van der Waals surface area (Å²) in [5, 5.41) is 12.7. The van der Waals surface area contributed by atoms with E-state index in [4.69, 9.17) is 14.0 Å². The second-order valence-corrected chi connectivity index (χ2v) is 10.5. The molecule has 6 rings (SSSR count). The van der Waals surface area contributed by atoms with E-state index in [2.05, 4.69) is 20.4 Å². The van der Waals surface area contributed by atoms with Crippen molar-refractivity contribution < 1.29 is 23.6 Å². The molecule has 10 nitrogen and oxygen atoms in total. The van der Waals surface area contributed by atoms with Gasteiger partial charge in [0.25, 0.3) is 5.91 Å². The highest BCUT2D eigenvalue weighted by atomic mass is 16.6. The van der Waals surface area contributed by atoms with Crippen LogP contribution in [0, 0.1) is 6.92 Å². The van der Waals surface area contributed by atoms with Crippen LogP contribution in [0.5, 0.6) is 11.5 Å². The molecule has 47 heavy (non-hydrogen) atoms. The molecule has 0 aliphatic heterocycles. The van der Waals surface area contributed by atoms with Crippen LogP contribution in [-0.2, 0) is 6.54 Å². The molecule has 0 aliphatic rings. The third kappa shape index (κ3) is 7.46. The number of esters is 1. The van der Waals surface area contributed by atoms with E-state index < -0.39 is 5.97 Å². The van der Waals surface area contributed by atoms with E-state index in [0.29, 0.717) is 34.0 Å². The molecule has 2 heterocycles. The summed E-state index contributed by atoms with van der Waals surface area (Å²) < 4.78 is 16.7. The number of hydrogen-bond donors (Lipinski definition) is 0. The molecule has 0 N–H and O–H groups in total. The Kier molecular flexibility index (Phi) is 9.20. The molecule has 232 valence electrons. The fourth-order valence-electron chi connectivity index (χ4n) is 4.68. The lowest BCUT2D eigenvalue weighted by molar-refractivity contribution is 0.0729. The number of rotatable bonds is 10. The van der Waals surface area contributed by atoms with E-state index in [1.807, 2.05) is 61.5 Å². The molecule has 0 aliphatic carbocycles. The lowest BCUT2D eigenvalue weighted by Gasteiger charge is -2.22. The summed E-state index contributed by atoms with van der Waals surface area (Å²) in [6.45, 7) is 2.14. The topological polar surface area (TPSA) is 119 Å². The largest absolute Gasteiger partial charge is 0.493 e. The number of pyridine rings is 1. The van der Waals surface area contributed by atoms with Gasteiger partial charge in [-0.05, 0) is 73.2 Å². The van der Waals surface area contributed by atoms with E-state index in [0.717, 1.165) is 16.8 Å². The van der Waals surface area contributed by atoms with E-state index in [9.17, 15) is 9.59 Å². The van der Waals surface area contributed by atoms with Crippen molar-refractivity contribution in [1.82, 2.24) is 10.1 Å². The minimum absolute atomic E-state index is 0.142. The monoisotopic (exact) mass is 623 g/mol. The van der Waals surface area contributed by atoms with Crippen LogP contribution >= 0.6 is 0 Å². The Hall–Kier alpha value is -6.42. The van der Waals surface area contributed by atoms with Crippen molar-refractivity contribution in [2.24, 2.45) is 10.2 Å². The molecule has 1 amide bonds. The van der Waals surface area contributed by atoms with Gasteiger partial charge in [0.1, 0.15) is 0 Å². The van der Waals surface area contributed by atoms with Crippen molar-refractivity contribution in [3.63, 3.8) is 0 Å². The van der Waals surface area contributed by atoms with Crippen molar-refractivity contribution in [2.75, 3.05) is 12.0 Å². The molecule has 10 heteroatoms. The number of hydrogen-bond acceptors (Lipinski definition) is 9. The number of aromatic nitrogens is 2. The molecular weight excluding hydrogens is 594 g/mol. The Balaban J connectivity index is 1.28. The van der Waals surface area contributed by atoms with Gasteiger partial charge in [-0.3, -0.25) is 9.78 Å². The highest BCUT2D eigenvalue weighted by Crippen LogP contribution is 2.32. The number of benzene rings is 4. The number of methoxy groups -OCH3 is 1. The zero-order valence-electron chi connectivity index (χ0n) is 25.6. The summed E-state index contributed by atoms with van der Waals surface area (Å²) in [7, 11) is 1.48. The summed E-state index contributed by atoms with van der Waals surface area (Å²) in [5.41, 5.74) is 5.08. The van der Waals surface area contributed by atoms with E-state index >= 15 is 0 Å². The summed E-state index contributed by atoms with van der Waals surface area (Å²) >= 11 is 0. The first kappa shape index (κ1) is 30.6. The van der Waals surface area contributed by atoms with Crippen molar-refractivity contribution in [2.45, 2.75) is 13.5 Å². The molecule has 2 aromatic heterocycles. The maximum Gasteiger partial charge on any atom is 0.343 e. The van der Waals surface area contributed by atoms with Gasteiger partial charge >= 0.3 is 5.97 Å². The van der Waals surface area contributed by atoms with Crippen LogP contribution in [0.3, 0.4) is 0 Å². The Morgan fingerprint density at radius 1 is 0.787 bits per heavy atom. The van der Waals surface area contributed by atoms with Crippen LogP contribution < -0.4 is 14.4 Å². The zero-order valence-corrected chi connectivity index (χ0v) is 25.6. The van der Waals surface area contributed by atoms with Gasteiger partial charge in [-0.1, -0.05) is 59.3 Å². The second-order valence-electron chi connectivity index (χ2n) is 10.5. The summed E-state index contributed by atoms with van der Waals surface area (Å²) in [4.78, 5) is 32.2. The first-order chi connectivity index (χ1) is 23.0. The van der Waals surface area contributed by atoms with Crippen LogP contribution in [0.25, 0.3) is 11.3 Å². The van der Waals surface area contributed by atoms with Gasteiger partial charge in [0.2, 0.25) is 0 Å². The molecule has 6 aromatic rings. The molecule has 0 radical (unpaired) electrons. The van der Waals surface area contributed by atoms with Gasteiger partial charge in [-0.15, -0.1) is 0 Å². The van der Waals surface area contributed by atoms with Crippen LogP contribution in [0.15, 0.2) is 142 Å². The van der Waals surface area contributed by atoms with E-state index in [1.54, 1.807) is 65.6 Å². The molecule has 0 unspecified atom stereocenters. The minimum atomic E-state index is -0.546. The predicted molar refractivity (Wildman–Crippen MR) is 176 cm³/mol. The zero-order chi connectivity index (χ0) is 32.6. The van der Waals surface area contributed by atoms with Crippen LogP contribution in [0.4, 0.5) is 17.1 Å². The van der Waals surface area contributed by atoms with Crippen molar-refractivity contribution in [1.29, 1.82) is 0 Å². The Labute approximate surface area is 270 Å². The molecule has 0 spiro atoms. The third-order valence-electron chi connectivity index (χ3n) is 7.20. The Bertz CT molecular complexity index is 2010. The number of carbonyl (C=O) groups is 2. The first-order valence-corrected chi connectivity index (χ1v) is 14.7. The standard InChI is InChI=1S/C37H29N5O5/c1-25-8-11-27(12-9-25)34-23-32(41-47-34)36(43)42(31-15-13-30(14-16-31)40-39-29-6-4-3-5-7-29)24-26-10-17-33(35(22-26)45-2)46-37(44)28-18-20-38-21-19-28/h3-23H,24H2,1-2H3. The number of nitrogens with zero attached hydrogens (tertiary/aromatic N) is 5. The molecule has 0 atom stereocenters. The van der Waals surface area contributed by atoms with Crippen LogP contribution in [0.2, 0.25) is 0 Å². The number of anilines is 1. The van der Waals surface area contributed by atoms with Crippen LogP contribution in [-0.4, -0.2) is 29.1 Å². The highest BCUT2D eigenvalue weighted by Gasteiger charge is 2.23. The summed E-state index contributed by atoms with van der Waals surface area (Å²) in [6, 6.07) is 34.2. The number of azo groups is 1. The average Bonchev–Trinajstić information content (AvgIpc) is 3.62. The van der Waals surface area contributed by atoms with E-state index in [1.165, 1.54) is 19.5 Å². The predicted octanol–water partition coefficient (Wildman–Crippen LogP) is 8.54. The fourth-order valence-corrected chi connectivity index (χ4v) is 4.68. The Morgan fingerprint density at radius 2 is 1.49 bits per heavy atom. The fraction of sp³-hybridized carbons (Fsp3) is 0.0811. The second kappa shape index (κ2) is 14.1. The lowest BCUT2D eigenvalue weighted by atomic mass is 10.1. The molecule has 4 aromatic carbocycles. The van der Waals surface area contributed by atoms with Crippen molar-refractivity contribution >= 4 is 28.9 Å². The first-order valence-electron chi connectivity index (χ1n) is 14.7. The Morgan fingerprint density at radius 3 is 2.19 bits per heavy atom. The lowest BCUT2D eigenvalue weighted by Crippen LogP contribution is -2.30. The molecule has 0 saturated heterocycles. The molecule has 0 fully saturated rings. The van der Waals surface area contributed by atoms with Crippen molar-refractivity contribution in [3.05, 3.63) is 150 Å². The van der Waals surface area contributed by atoms with Crippen LogP contribution in [0.1, 0.15) is 32.0 Å². The summed E-state index contributed by atoms with van der Waals surface area (Å²) in [6.07, 6.45) is 3.03. The normalized spacial score (nSPS) is 10.9. The summed E-state index contributed by atoms with van der Waals surface area (Å²) in [5.74, 6) is 0.125. The van der Waals surface area contributed by atoms with Gasteiger partial charge in [-0.25, -0.2) is 4.79 Å². The third-order valence-corrected chi connectivity index (χ3v) is 7.20. The molecule has 0 bridgehead atoms. The van der Waals surface area contributed by atoms with Gasteiger partial charge in [0, 0.05) is 29.7 Å². The van der Waals surface area contributed by atoms with Gasteiger partial charge in [0.15, 0.2) is 23.0 Å². The maximum absolute atomic E-state index is 14.0. The molecule has 0 saturated carbocycles. The SMILES string of the molecule is COc1cc(CN(C(=O)c2cc(-c3ccc(C)cc3)on2)c2ccc(N=Nc3ccccc3)cc2)ccc1OC(=O)c1ccncc1. The van der Waals surface area contributed by atoms with E-state index in [-0.39, 0.29) is 23.9 Å². The van der Waals surface area contributed by atoms with Gasteiger partial charge in [-0.2, -0.15) is 10.2 Å². The number of amides is 1. The quantitative estimate of drug-likeness (QED) is 0.0852. The smallest absolute Gasteiger partial charge is 0.343 e. The average molecular weight is 624 g/mol. The van der Waals surface area contributed by atoms with Crippen molar-refractivity contribution in [3.8, 4) is 22.8 Å². The maximum atomic E-state index is 14.0. The number of aryl methyl sites for hydroxylation is 1. The van der Waals surface area contributed by atoms with Gasteiger partial charge in [0.05, 0.1) is 30.6 Å². The molecular formula is C37H29N5O5. The van der Waals surface area contributed by atoms with Gasteiger partial charge < -0.3 is 18.9 Å². The minimum Gasteiger partial charge on any atom is -0.493 e.